The van der Waals surface area contributed by atoms with Crippen molar-refractivity contribution in [3.05, 3.63) is 21.4 Å². The predicted molar refractivity (Wildman–Crippen MR) is 69.4 cm³/mol. The number of nitrogens with zero attached hydrogens (tertiary/aromatic N) is 1. The molecule has 17 heavy (non-hydrogen) atoms. The van der Waals surface area contributed by atoms with E-state index in [0.29, 0.717) is 10.1 Å². The van der Waals surface area contributed by atoms with Gasteiger partial charge in [0.2, 0.25) is 0 Å². The first kappa shape index (κ1) is 12.3. The third-order valence-electron chi connectivity index (χ3n) is 2.38. The summed E-state index contributed by atoms with van der Waals surface area (Å²) in [7, 11) is 0. The number of phenolic OH excluding ortho intramolecular Hbond substituents is 2. The first-order valence-electron chi connectivity index (χ1n) is 5.00. The van der Waals surface area contributed by atoms with Crippen molar-refractivity contribution in [2.45, 2.75) is 26.3 Å². The van der Waals surface area contributed by atoms with Crippen molar-refractivity contribution in [1.29, 1.82) is 0 Å². The Morgan fingerprint density at radius 3 is 2.47 bits per heavy atom. The molecular formula is C11H12ClNO3S. The number of fused-ring (bicyclic) bond motifs is 1. The molecule has 0 saturated carbocycles. The first-order valence-corrected chi connectivity index (χ1v) is 6.15. The van der Waals surface area contributed by atoms with Gasteiger partial charge in [-0.2, -0.15) is 0 Å². The van der Waals surface area contributed by atoms with Crippen LogP contribution < -0.4 is 5.56 Å². The zero-order valence-electron chi connectivity index (χ0n) is 9.61. The highest BCUT2D eigenvalue weighted by molar-refractivity contribution is 7.14. The molecule has 0 spiro atoms. The molecule has 6 heteroatoms. The molecule has 4 nitrogen and oxygen atoms in total. The van der Waals surface area contributed by atoms with Gasteiger partial charge in [-0.05, 0) is 26.8 Å². The van der Waals surface area contributed by atoms with Crippen LogP contribution in [-0.4, -0.2) is 14.2 Å². The van der Waals surface area contributed by atoms with Gasteiger partial charge in [-0.15, -0.1) is 0 Å². The maximum Gasteiger partial charge on any atom is 0.269 e. The number of benzene rings is 1. The average Bonchev–Trinajstić information content (AvgIpc) is 2.53. The lowest BCUT2D eigenvalue weighted by Gasteiger charge is -2.17. The van der Waals surface area contributed by atoms with Crippen LogP contribution in [0, 0.1) is 0 Å². The Bertz CT molecular complexity index is 651. The molecule has 0 bridgehead atoms. The van der Waals surface area contributed by atoms with Gasteiger partial charge < -0.3 is 10.2 Å². The number of aromatic hydroxyl groups is 2. The number of halogens is 1. The molecule has 0 fully saturated rings. The lowest BCUT2D eigenvalue weighted by atomic mass is 10.1. The smallest absolute Gasteiger partial charge is 0.269 e. The van der Waals surface area contributed by atoms with Gasteiger partial charge in [-0.1, -0.05) is 23.1 Å². The average molecular weight is 274 g/mol. The molecule has 1 heterocycles. The minimum Gasteiger partial charge on any atom is -0.504 e. The van der Waals surface area contributed by atoms with E-state index in [4.69, 9.17) is 11.6 Å². The van der Waals surface area contributed by atoms with E-state index in [2.05, 4.69) is 0 Å². The number of aromatic nitrogens is 1. The molecule has 2 aromatic rings. The topological polar surface area (TPSA) is 62.5 Å². The molecule has 0 saturated heterocycles. The van der Waals surface area contributed by atoms with E-state index in [1.54, 1.807) is 3.96 Å². The summed E-state index contributed by atoms with van der Waals surface area (Å²) in [6, 6.07) is 1.25. The Kier molecular flexibility index (Phi) is 2.63. The fourth-order valence-electron chi connectivity index (χ4n) is 1.54. The van der Waals surface area contributed by atoms with Crippen molar-refractivity contribution in [1.82, 2.24) is 3.96 Å². The van der Waals surface area contributed by atoms with E-state index >= 15 is 0 Å². The van der Waals surface area contributed by atoms with E-state index in [1.807, 2.05) is 20.8 Å². The second kappa shape index (κ2) is 3.65. The van der Waals surface area contributed by atoms with Gasteiger partial charge in [0.25, 0.3) is 5.56 Å². The van der Waals surface area contributed by atoms with Crippen LogP contribution in [0.5, 0.6) is 11.5 Å². The fourth-order valence-corrected chi connectivity index (χ4v) is 2.90. The highest BCUT2D eigenvalue weighted by Crippen LogP contribution is 2.41. The molecule has 0 amide bonds. The number of hydrogen-bond acceptors (Lipinski definition) is 4. The summed E-state index contributed by atoms with van der Waals surface area (Å²) in [4.78, 5) is 12.1. The number of hydrogen-bond donors (Lipinski definition) is 2. The summed E-state index contributed by atoms with van der Waals surface area (Å²) in [6.07, 6.45) is 0. The summed E-state index contributed by atoms with van der Waals surface area (Å²) in [6.45, 7) is 5.70. The van der Waals surface area contributed by atoms with E-state index in [0.717, 1.165) is 0 Å². The molecule has 2 N–H and O–H groups in total. The van der Waals surface area contributed by atoms with E-state index in [9.17, 15) is 15.0 Å². The quantitative estimate of drug-likeness (QED) is 0.726. The molecule has 0 aliphatic carbocycles. The second-order valence-electron chi connectivity index (χ2n) is 4.80. The highest BCUT2D eigenvalue weighted by Gasteiger charge is 2.22. The third kappa shape index (κ3) is 1.79. The lowest BCUT2D eigenvalue weighted by Crippen LogP contribution is -2.29. The van der Waals surface area contributed by atoms with Gasteiger partial charge in [0.1, 0.15) is 5.02 Å². The summed E-state index contributed by atoms with van der Waals surface area (Å²) >= 11 is 7.10. The molecule has 0 radical (unpaired) electrons. The summed E-state index contributed by atoms with van der Waals surface area (Å²) in [5.74, 6) is -0.764. The second-order valence-corrected chi connectivity index (χ2v) is 6.13. The van der Waals surface area contributed by atoms with Crippen LogP contribution in [0.3, 0.4) is 0 Å². The molecule has 2 rings (SSSR count). The fraction of sp³-hybridized carbons (Fsp3) is 0.364. The minimum absolute atomic E-state index is 0.0186. The molecule has 1 aromatic heterocycles. The maximum absolute atomic E-state index is 12.1. The van der Waals surface area contributed by atoms with Crippen LogP contribution in [-0.2, 0) is 5.54 Å². The Morgan fingerprint density at radius 2 is 1.94 bits per heavy atom. The van der Waals surface area contributed by atoms with Gasteiger partial charge in [0.15, 0.2) is 11.5 Å². The van der Waals surface area contributed by atoms with Gasteiger partial charge >= 0.3 is 0 Å². The molecular weight excluding hydrogens is 262 g/mol. The molecule has 1 aromatic carbocycles. The number of rotatable bonds is 0. The van der Waals surface area contributed by atoms with Crippen molar-refractivity contribution >= 4 is 33.2 Å². The van der Waals surface area contributed by atoms with Crippen molar-refractivity contribution in [3.63, 3.8) is 0 Å². The Hall–Kier alpha value is -1.20. The molecule has 92 valence electrons. The summed E-state index contributed by atoms with van der Waals surface area (Å²) in [5, 5.41) is 19.3. The van der Waals surface area contributed by atoms with Crippen LogP contribution in [0.4, 0.5) is 0 Å². The largest absolute Gasteiger partial charge is 0.504 e. The Morgan fingerprint density at radius 1 is 1.35 bits per heavy atom. The van der Waals surface area contributed by atoms with Gasteiger partial charge in [0, 0.05) is 0 Å². The van der Waals surface area contributed by atoms with Crippen LogP contribution in [0.15, 0.2) is 10.9 Å². The standard InChI is InChI=1S/C11H12ClNO3S/c1-11(2,3)13-10(16)5-4-6(14)8(15)7(12)9(5)17-13/h4,14-15H,1-3H3. The number of phenols is 2. The van der Waals surface area contributed by atoms with Crippen LogP contribution in [0.2, 0.25) is 5.02 Å². The van der Waals surface area contributed by atoms with Crippen molar-refractivity contribution < 1.29 is 10.2 Å². The SMILES string of the molecule is CC(C)(C)n1sc2c(Cl)c(O)c(O)cc2c1=O. The summed E-state index contributed by atoms with van der Waals surface area (Å²) in [5.41, 5.74) is -0.579. The van der Waals surface area contributed by atoms with Gasteiger partial charge in [-0.25, -0.2) is 0 Å². The van der Waals surface area contributed by atoms with E-state index in [1.165, 1.54) is 17.6 Å². The molecule has 0 aliphatic rings. The monoisotopic (exact) mass is 273 g/mol. The van der Waals surface area contributed by atoms with Crippen molar-refractivity contribution in [2.75, 3.05) is 0 Å². The zero-order chi connectivity index (χ0) is 13.0. The van der Waals surface area contributed by atoms with Crippen molar-refractivity contribution in [3.8, 4) is 11.5 Å². The maximum atomic E-state index is 12.1. The van der Waals surface area contributed by atoms with E-state index < -0.39 is 0 Å². The van der Waals surface area contributed by atoms with Crippen LogP contribution in [0.25, 0.3) is 10.1 Å². The van der Waals surface area contributed by atoms with E-state index in [-0.39, 0.29) is 27.6 Å². The zero-order valence-corrected chi connectivity index (χ0v) is 11.2. The molecule has 0 aliphatic heterocycles. The third-order valence-corrected chi connectivity index (χ3v) is 4.37. The Labute approximate surface area is 107 Å². The minimum atomic E-state index is -0.388. The van der Waals surface area contributed by atoms with Crippen LogP contribution >= 0.6 is 23.1 Å². The molecule has 0 atom stereocenters. The first-order chi connectivity index (χ1) is 7.73. The lowest BCUT2D eigenvalue weighted by molar-refractivity contribution is 0.405. The van der Waals surface area contributed by atoms with Gasteiger partial charge in [-0.3, -0.25) is 8.75 Å². The van der Waals surface area contributed by atoms with Crippen LogP contribution in [0.1, 0.15) is 20.8 Å². The molecule has 0 unspecified atom stereocenters. The highest BCUT2D eigenvalue weighted by atomic mass is 35.5. The summed E-state index contributed by atoms with van der Waals surface area (Å²) < 4.78 is 2.06. The Balaban J connectivity index is 2.93. The normalized spacial score (nSPS) is 12.2. The van der Waals surface area contributed by atoms with Crippen molar-refractivity contribution in [2.24, 2.45) is 0 Å². The van der Waals surface area contributed by atoms with Gasteiger partial charge in [0.05, 0.1) is 15.6 Å². The predicted octanol–water partition coefficient (Wildman–Crippen LogP) is 2.88.